The van der Waals surface area contributed by atoms with E-state index < -0.39 is 6.10 Å². The summed E-state index contributed by atoms with van der Waals surface area (Å²) < 4.78 is 10.5. The van der Waals surface area contributed by atoms with Crippen molar-refractivity contribution < 1.29 is 14.3 Å². The molecule has 82 valence electrons. The van der Waals surface area contributed by atoms with E-state index in [9.17, 15) is 4.79 Å². The lowest BCUT2D eigenvalue weighted by Crippen LogP contribution is -2.33. The van der Waals surface area contributed by atoms with E-state index in [2.05, 4.69) is 5.32 Å². The van der Waals surface area contributed by atoms with Crippen LogP contribution in [0.3, 0.4) is 0 Å². The van der Waals surface area contributed by atoms with Gasteiger partial charge in [0.25, 0.3) is 5.91 Å². The fourth-order valence-corrected chi connectivity index (χ4v) is 1.14. The Bertz CT molecular complexity index is 338. The zero-order valence-electron chi connectivity index (χ0n) is 9.11. The Balaban J connectivity index is 2.67. The second-order valence-electron chi connectivity index (χ2n) is 3.05. The molecule has 1 aromatic rings. The molecule has 0 unspecified atom stereocenters. The molecule has 1 N–H and O–H groups in total. The van der Waals surface area contributed by atoms with Crippen molar-refractivity contribution in [2.75, 3.05) is 14.2 Å². The number of hydrogen-bond donors (Lipinski definition) is 1. The number of ether oxygens (including phenoxy) is 2. The van der Waals surface area contributed by atoms with Crippen LogP contribution < -0.4 is 14.8 Å². The number of likely N-dealkylation sites (N-methyl/N-ethyl adjacent to an activating group) is 1. The van der Waals surface area contributed by atoms with Gasteiger partial charge in [-0.1, -0.05) is 6.07 Å². The second-order valence-corrected chi connectivity index (χ2v) is 3.05. The average molecular weight is 209 g/mol. The van der Waals surface area contributed by atoms with Crippen molar-refractivity contribution in [3.63, 3.8) is 0 Å². The van der Waals surface area contributed by atoms with Crippen molar-refractivity contribution in [1.82, 2.24) is 5.32 Å². The number of amides is 1. The van der Waals surface area contributed by atoms with E-state index in [1.807, 2.05) is 12.1 Å². The van der Waals surface area contributed by atoms with E-state index in [1.54, 1.807) is 33.2 Å². The van der Waals surface area contributed by atoms with Crippen LogP contribution >= 0.6 is 0 Å². The summed E-state index contributed by atoms with van der Waals surface area (Å²) in [5.74, 6) is 1.17. The molecule has 1 atom stereocenters. The first-order chi connectivity index (χ1) is 7.17. The van der Waals surface area contributed by atoms with Crippen LogP contribution in [0.25, 0.3) is 0 Å². The van der Waals surface area contributed by atoms with E-state index in [0.29, 0.717) is 11.5 Å². The minimum atomic E-state index is -0.512. The number of rotatable bonds is 4. The number of benzene rings is 1. The third-order valence-electron chi connectivity index (χ3n) is 1.97. The van der Waals surface area contributed by atoms with Crippen LogP contribution in [-0.2, 0) is 4.79 Å². The standard InChI is InChI=1S/C11H15NO3/c1-8(11(13)12-2)15-10-6-4-5-9(7-10)14-3/h4-8H,1-3H3,(H,12,13)/t8-/m0/s1. The Hall–Kier alpha value is -1.71. The molecule has 0 aromatic heterocycles. The van der Waals surface area contributed by atoms with Crippen LogP contribution in [0.4, 0.5) is 0 Å². The highest BCUT2D eigenvalue weighted by atomic mass is 16.5. The van der Waals surface area contributed by atoms with Crippen LogP contribution in [0.5, 0.6) is 11.5 Å². The fraction of sp³-hybridized carbons (Fsp3) is 0.364. The van der Waals surface area contributed by atoms with E-state index in [1.165, 1.54) is 0 Å². The summed E-state index contributed by atoms with van der Waals surface area (Å²) in [7, 11) is 3.16. The molecule has 0 aliphatic rings. The molecule has 15 heavy (non-hydrogen) atoms. The van der Waals surface area contributed by atoms with Crippen molar-refractivity contribution in [3.05, 3.63) is 24.3 Å². The zero-order valence-corrected chi connectivity index (χ0v) is 9.11. The summed E-state index contributed by atoms with van der Waals surface area (Å²) in [4.78, 5) is 11.2. The minimum absolute atomic E-state index is 0.155. The zero-order chi connectivity index (χ0) is 11.3. The Labute approximate surface area is 89.2 Å². The van der Waals surface area contributed by atoms with Gasteiger partial charge in [-0.3, -0.25) is 4.79 Å². The predicted octanol–water partition coefficient (Wildman–Crippen LogP) is 1.21. The van der Waals surface area contributed by atoms with Gasteiger partial charge in [-0.25, -0.2) is 0 Å². The highest BCUT2D eigenvalue weighted by molar-refractivity contribution is 5.80. The SMILES string of the molecule is CNC(=O)[C@H](C)Oc1cccc(OC)c1. The fourth-order valence-electron chi connectivity index (χ4n) is 1.14. The molecule has 1 rings (SSSR count). The van der Waals surface area contributed by atoms with Gasteiger partial charge in [-0.05, 0) is 19.1 Å². The van der Waals surface area contributed by atoms with Crippen LogP contribution in [-0.4, -0.2) is 26.2 Å². The van der Waals surface area contributed by atoms with Gasteiger partial charge >= 0.3 is 0 Å². The molecule has 1 amide bonds. The maximum absolute atomic E-state index is 11.2. The van der Waals surface area contributed by atoms with E-state index in [4.69, 9.17) is 9.47 Å². The topological polar surface area (TPSA) is 47.6 Å². The minimum Gasteiger partial charge on any atom is -0.497 e. The molecule has 0 aliphatic heterocycles. The van der Waals surface area contributed by atoms with Crippen LogP contribution in [0, 0.1) is 0 Å². The van der Waals surface area contributed by atoms with Gasteiger partial charge in [-0.15, -0.1) is 0 Å². The van der Waals surface area contributed by atoms with E-state index >= 15 is 0 Å². The first-order valence-corrected chi connectivity index (χ1v) is 4.69. The second kappa shape index (κ2) is 5.24. The van der Waals surface area contributed by atoms with Gasteiger partial charge in [0.15, 0.2) is 6.10 Å². The van der Waals surface area contributed by atoms with Crippen LogP contribution in [0.1, 0.15) is 6.92 Å². The smallest absolute Gasteiger partial charge is 0.260 e. The highest BCUT2D eigenvalue weighted by Crippen LogP contribution is 2.19. The number of methoxy groups -OCH3 is 1. The van der Waals surface area contributed by atoms with Crippen molar-refractivity contribution in [2.45, 2.75) is 13.0 Å². The molecule has 1 aromatic carbocycles. The Morgan fingerprint density at radius 2 is 2.07 bits per heavy atom. The normalized spacial score (nSPS) is 11.7. The lowest BCUT2D eigenvalue weighted by Gasteiger charge is -2.13. The van der Waals surface area contributed by atoms with Gasteiger partial charge in [-0.2, -0.15) is 0 Å². The Morgan fingerprint density at radius 1 is 1.40 bits per heavy atom. The summed E-state index contributed by atoms with van der Waals surface area (Å²) in [5, 5.41) is 2.52. The van der Waals surface area contributed by atoms with E-state index in [-0.39, 0.29) is 5.91 Å². The molecule has 0 saturated carbocycles. The summed E-state index contributed by atoms with van der Waals surface area (Å²) in [6.45, 7) is 1.69. The lowest BCUT2D eigenvalue weighted by atomic mass is 10.3. The number of carbonyl (C=O) groups is 1. The molecule has 0 saturated heterocycles. The average Bonchev–Trinajstić information content (AvgIpc) is 2.28. The molecule has 0 bridgehead atoms. The van der Waals surface area contributed by atoms with Crippen molar-refractivity contribution in [3.8, 4) is 11.5 Å². The number of hydrogen-bond acceptors (Lipinski definition) is 3. The van der Waals surface area contributed by atoms with Crippen molar-refractivity contribution >= 4 is 5.91 Å². The highest BCUT2D eigenvalue weighted by Gasteiger charge is 2.12. The van der Waals surface area contributed by atoms with Gasteiger partial charge in [0.05, 0.1) is 7.11 Å². The lowest BCUT2D eigenvalue weighted by molar-refractivity contribution is -0.126. The molecule has 0 heterocycles. The number of carbonyl (C=O) groups excluding carboxylic acids is 1. The predicted molar refractivity (Wildman–Crippen MR) is 57.2 cm³/mol. The van der Waals surface area contributed by atoms with Gasteiger partial charge < -0.3 is 14.8 Å². The quantitative estimate of drug-likeness (QED) is 0.810. The van der Waals surface area contributed by atoms with Crippen LogP contribution in [0.2, 0.25) is 0 Å². The monoisotopic (exact) mass is 209 g/mol. The van der Waals surface area contributed by atoms with Gasteiger partial charge in [0.1, 0.15) is 11.5 Å². The van der Waals surface area contributed by atoms with Gasteiger partial charge in [0, 0.05) is 13.1 Å². The molecule has 0 aliphatic carbocycles. The third-order valence-corrected chi connectivity index (χ3v) is 1.97. The third kappa shape index (κ3) is 3.16. The van der Waals surface area contributed by atoms with Crippen LogP contribution in [0.15, 0.2) is 24.3 Å². The largest absolute Gasteiger partial charge is 0.497 e. The molecule has 0 spiro atoms. The Kier molecular flexibility index (Phi) is 3.97. The molecular formula is C11H15NO3. The first-order valence-electron chi connectivity index (χ1n) is 4.69. The Morgan fingerprint density at radius 3 is 2.67 bits per heavy atom. The maximum atomic E-state index is 11.2. The summed E-state index contributed by atoms with van der Waals surface area (Å²) in [6.07, 6.45) is -0.512. The van der Waals surface area contributed by atoms with Crippen molar-refractivity contribution in [2.24, 2.45) is 0 Å². The number of nitrogens with one attached hydrogen (secondary N) is 1. The maximum Gasteiger partial charge on any atom is 0.260 e. The molecule has 0 fully saturated rings. The summed E-state index contributed by atoms with van der Waals surface area (Å²) in [6, 6.07) is 7.14. The van der Waals surface area contributed by atoms with Crippen molar-refractivity contribution in [1.29, 1.82) is 0 Å². The molecule has 4 heteroatoms. The molecule has 4 nitrogen and oxygen atoms in total. The molecular weight excluding hydrogens is 194 g/mol. The van der Waals surface area contributed by atoms with E-state index in [0.717, 1.165) is 0 Å². The first kappa shape index (κ1) is 11.4. The summed E-state index contributed by atoms with van der Waals surface area (Å²) in [5.41, 5.74) is 0. The molecule has 0 radical (unpaired) electrons. The summed E-state index contributed by atoms with van der Waals surface area (Å²) >= 11 is 0. The van der Waals surface area contributed by atoms with Gasteiger partial charge in [0.2, 0.25) is 0 Å².